The lowest BCUT2D eigenvalue weighted by Crippen LogP contribution is -2.52. The quantitative estimate of drug-likeness (QED) is 0.755. The van der Waals surface area contributed by atoms with Gasteiger partial charge in [-0.05, 0) is 54.4 Å². The van der Waals surface area contributed by atoms with Crippen molar-refractivity contribution in [2.45, 2.75) is 26.7 Å². The van der Waals surface area contributed by atoms with Crippen molar-refractivity contribution in [2.75, 3.05) is 37.6 Å². The molecule has 2 fully saturated rings. The number of rotatable bonds is 3. The summed E-state index contributed by atoms with van der Waals surface area (Å²) in [6.45, 7) is 10.7. The van der Waals surface area contributed by atoms with Crippen LogP contribution in [0.3, 0.4) is 0 Å². The molecule has 2 nitrogen and oxygen atoms in total. The summed E-state index contributed by atoms with van der Waals surface area (Å²) < 4.78 is 0. The average Bonchev–Trinajstić information content (AvgIpc) is 2.56. The second-order valence-electron chi connectivity index (χ2n) is 8.06. The number of anilines is 1. The minimum absolute atomic E-state index is 0.551. The van der Waals surface area contributed by atoms with Crippen molar-refractivity contribution in [2.24, 2.45) is 17.3 Å². The summed E-state index contributed by atoms with van der Waals surface area (Å²) in [5, 5.41) is 0.818. The van der Waals surface area contributed by atoms with E-state index in [4.69, 9.17) is 11.6 Å². The van der Waals surface area contributed by atoms with E-state index >= 15 is 0 Å². The van der Waals surface area contributed by atoms with E-state index in [2.05, 4.69) is 41.9 Å². The summed E-state index contributed by atoms with van der Waals surface area (Å²) in [5.74, 6) is 1.79. The molecular formula is C20H27ClN2. The Balaban J connectivity index is 1.34. The number of piperazine rings is 1. The summed E-state index contributed by atoms with van der Waals surface area (Å²) in [6.07, 6.45) is 5.29. The summed E-state index contributed by atoms with van der Waals surface area (Å²) in [6, 6.07) is 8.26. The van der Waals surface area contributed by atoms with E-state index in [0.29, 0.717) is 5.41 Å². The molecule has 3 heteroatoms. The van der Waals surface area contributed by atoms with Crippen molar-refractivity contribution < 1.29 is 0 Å². The van der Waals surface area contributed by atoms with E-state index < -0.39 is 0 Å². The van der Waals surface area contributed by atoms with Gasteiger partial charge in [0.15, 0.2) is 0 Å². The van der Waals surface area contributed by atoms with Crippen molar-refractivity contribution in [3.05, 3.63) is 40.9 Å². The van der Waals surface area contributed by atoms with Crippen LogP contribution in [0.25, 0.3) is 0 Å². The molecule has 0 amide bonds. The monoisotopic (exact) mass is 330 g/mol. The summed E-state index contributed by atoms with van der Waals surface area (Å²) >= 11 is 5.99. The first-order chi connectivity index (χ1) is 11.0. The Morgan fingerprint density at radius 1 is 1.09 bits per heavy atom. The maximum atomic E-state index is 5.99. The number of hydrogen-bond donors (Lipinski definition) is 0. The Bertz CT molecular complexity index is 597. The number of halogens is 1. The van der Waals surface area contributed by atoms with Gasteiger partial charge in [0.05, 0.1) is 0 Å². The lowest BCUT2D eigenvalue weighted by molar-refractivity contribution is -0.0107. The van der Waals surface area contributed by atoms with Crippen LogP contribution in [-0.2, 0) is 0 Å². The van der Waals surface area contributed by atoms with Crippen molar-refractivity contribution >= 4 is 17.3 Å². The highest BCUT2D eigenvalue weighted by Crippen LogP contribution is 2.59. The molecule has 1 aromatic carbocycles. The van der Waals surface area contributed by atoms with Crippen molar-refractivity contribution in [3.63, 3.8) is 0 Å². The van der Waals surface area contributed by atoms with Crippen molar-refractivity contribution in [1.82, 2.24) is 4.90 Å². The van der Waals surface area contributed by atoms with Crippen LogP contribution < -0.4 is 4.90 Å². The van der Waals surface area contributed by atoms with E-state index in [1.54, 1.807) is 5.57 Å². The van der Waals surface area contributed by atoms with E-state index in [-0.39, 0.29) is 0 Å². The standard InChI is InChI=1S/C20H27ClN2/c1-20(2)16-4-3-15(19(20)13-16)14-22-9-11-23(12-10-22)18-7-5-17(21)6-8-18/h3,5-8,16,19H,4,9-14H2,1-2H3/t16-,19-/m1/s1. The summed E-state index contributed by atoms with van der Waals surface area (Å²) in [5.41, 5.74) is 3.57. The molecule has 124 valence electrons. The minimum atomic E-state index is 0.551. The van der Waals surface area contributed by atoms with Gasteiger partial charge in [-0.15, -0.1) is 0 Å². The molecule has 1 saturated carbocycles. The molecule has 3 aliphatic carbocycles. The van der Waals surface area contributed by atoms with E-state index in [1.807, 2.05) is 12.1 Å². The molecule has 1 saturated heterocycles. The normalized spacial score (nSPS) is 29.9. The van der Waals surface area contributed by atoms with E-state index in [1.165, 1.54) is 25.1 Å². The highest BCUT2D eigenvalue weighted by Gasteiger charge is 2.51. The van der Waals surface area contributed by atoms with Crippen molar-refractivity contribution in [3.8, 4) is 0 Å². The first-order valence-electron chi connectivity index (χ1n) is 8.96. The fraction of sp³-hybridized carbons (Fsp3) is 0.600. The molecule has 1 aromatic rings. The van der Waals surface area contributed by atoms with Gasteiger partial charge >= 0.3 is 0 Å². The predicted octanol–water partition coefficient (Wildman–Crippen LogP) is 4.45. The zero-order chi connectivity index (χ0) is 16.0. The molecule has 1 aliphatic heterocycles. The highest BCUT2D eigenvalue weighted by atomic mass is 35.5. The Morgan fingerprint density at radius 3 is 2.39 bits per heavy atom. The molecule has 2 atom stereocenters. The maximum absolute atomic E-state index is 5.99. The number of hydrogen-bond acceptors (Lipinski definition) is 2. The predicted molar refractivity (Wildman–Crippen MR) is 98.2 cm³/mol. The largest absolute Gasteiger partial charge is 0.369 e. The SMILES string of the molecule is CC1(C)[C@@H]2CC=C(CN3CCN(c4ccc(Cl)cc4)CC3)[C@H]1C2. The fourth-order valence-corrected chi connectivity index (χ4v) is 4.86. The Labute approximate surface area is 145 Å². The molecule has 23 heavy (non-hydrogen) atoms. The molecule has 0 spiro atoms. The van der Waals surface area contributed by atoms with Gasteiger partial charge in [0.2, 0.25) is 0 Å². The van der Waals surface area contributed by atoms with Crippen LogP contribution in [0.2, 0.25) is 5.02 Å². The first kappa shape index (κ1) is 15.5. The topological polar surface area (TPSA) is 6.48 Å². The molecule has 0 radical (unpaired) electrons. The van der Waals surface area contributed by atoms with Gasteiger partial charge in [-0.1, -0.05) is 37.1 Å². The average molecular weight is 331 g/mol. The third-order valence-corrected chi connectivity index (χ3v) is 6.80. The van der Waals surface area contributed by atoms with Crippen LogP contribution in [-0.4, -0.2) is 37.6 Å². The van der Waals surface area contributed by atoms with Crippen molar-refractivity contribution in [1.29, 1.82) is 0 Å². The summed E-state index contributed by atoms with van der Waals surface area (Å²) in [7, 11) is 0. The second kappa shape index (κ2) is 5.82. The van der Waals surface area contributed by atoms with Gasteiger partial charge in [-0.25, -0.2) is 0 Å². The van der Waals surface area contributed by atoms with Gasteiger partial charge < -0.3 is 4.90 Å². The molecule has 5 rings (SSSR count). The number of fused-ring (bicyclic) bond motifs is 1. The fourth-order valence-electron chi connectivity index (χ4n) is 4.73. The third kappa shape index (κ3) is 2.81. The zero-order valence-electron chi connectivity index (χ0n) is 14.3. The van der Waals surface area contributed by atoms with Crippen LogP contribution in [0.5, 0.6) is 0 Å². The number of allylic oxidation sites excluding steroid dienone is 1. The Hall–Kier alpha value is -0.990. The Kier molecular flexibility index (Phi) is 3.93. The van der Waals surface area contributed by atoms with Crippen LogP contribution >= 0.6 is 11.6 Å². The van der Waals surface area contributed by atoms with Gasteiger partial charge in [-0.2, -0.15) is 0 Å². The molecule has 0 aromatic heterocycles. The lowest BCUT2D eigenvalue weighted by Gasteiger charge is -2.57. The third-order valence-electron chi connectivity index (χ3n) is 6.55. The molecule has 0 N–H and O–H groups in total. The molecule has 4 aliphatic rings. The van der Waals surface area contributed by atoms with E-state index in [9.17, 15) is 0 Å². The van der Waals surface area contributed by atoms with E-state index in [0.717, 1.165) is 43.0 Å². The zero-order valence-corrected chi connectivity index (χ0v) is 15.0. The molecule has 0 unspecified atom stereocenters. The number of nitrogens with zero attached hydrogens (tertiary/aromatic N) is 2. The lowest BCUT2D eigenvalue weighted by atomic mass is 9.49. The first-order valence-corrected chi connectivity index (χ1v) is 9.33. The van der Waals surface area contributed by atoms with Gasteiger partial charge in [0.25, 0.3) is 0 Å². The highest BCUT2D eigenvalue weighted by molar-refractivity contribution is 6.30. The second-order valence-corrected chi connectivity index (χ2v) is 8.50. The van der Waals surface area contributed by atoms with Crippen LogP contribution in [0, 0.1) is 17.3 Å². The molecule has 1 heterocycles. The van der Waals surface area contributed by atoms with Crippen LogP contribution in [0.4, 0.5) is 5.69 Å². The van der Waals surface area contributed by atoms with Crippen LogP contribution in [0.15, 0.2) is 35.9 Å². The molecule has 2 bridgehead atoms. The van der Waals surface area contributed by atoms with Gasteiger partial charge in [0.1, 0.15) is 0 Å². The maximum Gasteiger partial charge on any atom is 0.0407 e. The summed E-state index contributed by atoms with van der Waals surface area (Å²) in [4.78, 5) is 5.12. The molecular weight excluding hydrogens is 304 g/mol. The van der Waals surface area contributed by atoms with Gasteiger partial charge in [0, 0.05) is 43.4 Å². The Morgan fingerprint density at radius 2 is 1.78 bits per heavy atom. The minimum Gasteiger partial charge on any atom is -0.369 e. The number of benzene rings is 1. The van der Waals surface area contributed by atoms with Gasteiger partial charge in [-0.3, -0.25) is 4.90 Å². The van der Waals surface area contributed by atoms with Crippen LogP contribution in [0.1, 0.15) is 26.7 Å². The smallest absolute Gasteiger partial charge is 0.0407 e.